The number of carbonyl (C=O) groups is 1. The Balaban J connectivity index is 2.09. The number of ether oxygens (including phenoxy) is 1. The Kier molecular flexibility index (Phi) is 5.05. The number of aliphatic carboxylic acids is 1. The number of nitrogens with one attached hydrogen (secondary N) is 1. The SMILES string of the molecule is CC(C)NC(CCOCC1CC1)C(=O)O. The largest absolute Gasteiger partial charge is 0.480 e. The Morgan fingerprint density at radius 3 is 2.67 bits per heavy atom. The second-order valence-corrected chi connectivity index (χ2v) is 4.52. The van der Waals surface area contributed by atoms with Gasteiger partial charge in [0.2, 0.25) is 0 Å². The minimum atomic E-state index is -0.793. The molecule has 0 saturated heterocycles. The van der Waals surface area contributed by atoms with Crippen LogP contribution in [0.5, 0.6) is 0 Å². The van der Waals surface area contributed by atoms with Gasteiger partial charge in [0.1, 0.15) is 6.04 Å². The Morgan fingerprint density at radius 2 is 2.20 bits per heavy atom. The predicted molar refractivity (Wildman–Crippen MR) is 57.9 cm³/mol. The van der Waals surface area contributed by atoms with E-state index in [1.807, 2.05) is 13.8 Å². The quantitative estimate of drug-likeness (QED) is 0.598. The van der Waals surface area contributed by atoms with Crippen molar-refractivity contribution in [3.63, 3.8) is 0 Å². The van der Waals surface area contributed by atoms with Crippen LogP contribution in [0, 0.1) is 5.92 Å². The molecule has 0 aromatic rings. The molecule has 15 heavy (non-hydrogen) atoms. The highest BCUT2D eigenvalue weighted by Gasteiger charge is 2.22. The highest BCUT2D eigenvalue weighted by atomic mass is 16.5. The molecule has 1 fully saturated rings. The molecule has 1 atom stereocenters. The maximum Gasteiger partial charge on any atom is 0.320 e. The smallest absolute Gasteiger partial charge is 0.320 e. The van der Waals surface area contributed by atoms with Gasteiger partial charge in [0.05, 0.1) is 0 Å². The van der Waals surface area contributed by atoms with Gasteiger partial charge in [0.15, 0.2) is 0 Å². The maximum absolute atomic E-state index is 10.9. The minimum Gasteiger partial charge on any atom is -0.480 e. The van der Waals surface area contributed by atoms with Gasteiger partial charge < -0.3 is 15.2 Å². The van der Waals surface area contributed by atoms with Crippen LogP contribution in [0.1, 0.15) is 33.1 Å². The van der Waals surface area contributed by atoms with E-state index in [2.05, 4.69) is 5.32 Å². The molecule has 0 heterocycles. The molecule has 0 bridgehead atoms. The molecule has 1 unspecified atom stereocenters. The lowest BCUT2D eigenvalue weighted by atomic mass is 10.2. The van der Waals surface area contributed by atoms with E-state index in [0.717, 1.165) is 12.5 Å². The van der Waals surface area contributed by atoms with Gasteiger partial charge in [-0.1, -0.05) is 13.8 Å². The molecular weight excluding hydrogens is 194 g/mol. The summed E-state index contributed by atoms with van der Waals surface area (Å²) in [6, 6.07) is -0.293. The summed E-state index contributed by atoms with van der Waals surface area (Å²) in [7, 11) is 0. The molecular formula is C11H21NO3. The lowest BCUT2D eigenvalue weighted by Crippen LogP contribution is -2.41. The summed E-state index contributed by atoms with van der Waals surface area (Å²) >= 11 is 0. The molecule has 1 rings (SSSR count). The van der Waals surface area contributed by atoms with Crippen LogP contribution in [-0.2, 0) is 9.53 Å². The highest BCUT2D eigenvalue weighted by Crippen LogP contribution is 2.28. The van der Waals surface area contributed by atoms with Crippen molar-refractivity contribution in [1.82, 2.24) is 5.32 Å². The van der Waals surface area contributed by atoms with E-state index in [0.29, 0.717) is 13.0 Å². The second-order valence-electron chi connectivity index (χ2n) is 4.52. The molecule has 1 saturated carbocycles. The number of rotatable bonds is 8. The summed E-state index contributed by atoms with van der Waals surface area (Å²) < 4.78 is 5.42. The summed E-state index contributed by atoms with van der Waals surface area (Å²) in [5.74, 6) is -0.0509. The summed E-state index contributed by atoms with van der Waals surface area (Å²) in [4.78, 5) is 10.9. The molecule has 88 valence electrons. The first-order valence-electron chi connectivity index (χ1n) is 5.66. The zero-order valence-electron chi connectivity index (χ0n) is 9.53. The van der Waals surface area contributed by atoms with Gasteiger partial charge in [-0.2, -0.15) is 0 Å². The summed E-state index contributed by atoms with van der Waals surface area (Å²) in [6.07, 6.45) is 3.08. The Hall–Kier alpha value is -0.610. The predicted octanol–water partition coefficient (Wildman–Crippen LogP) is 1.25. The van der Waals surface area contributed by atoms with Crippen molar-refractivity contribution in [2.75, 3.05) is 13.2 Å². The van der Waals surface area contributed by atoms with Gasteiger partial charge in [0.25, 0.3) is 0 Å². The Morgan fingerprint density at radius 1 is 1.53 bits per heavy atom. The van der Waals surface area contributed by atoms with Crippen molar-refractivity contribution in [2.45, 2.75) is 45.2 Å². The van der Waals surface area contributed by atoms with Crippen LogP contribution in [0.3, 0.4) is 0 Å². The van der Waals surface area contributed by atoms with Gasteiger partial charge in [-0.15, -0.1) is 0 Å². The Labute approximate surface area is 91.0 Å². The van der Waals surface area contributed by atoms with Gasteiger partial charge in [-0.3, -0.25) is 4.79 Å². The molecule has 1 aliphatic rings. The van der Waals surface area contributed by atoms with Crippen molar-refractivity contribution in [3.8, 4) is 0 Å². The van der Waals surface area contributed by atoms with Crippen LogP contribution in [0.15, 0.2) is 0 Å². The molecule has 4 heteroatoms. The standard InChI is InChI=1S/C11H21NO3/c1-8(2)12-10(11(13)14)5-6-15-7-9-3-4-9/h8-10,12H,3-7H2,1-2H3,(H,13,14). The maximum atomic E-state index is 10.9. The minimum absolute atomic E-state index is 0.189. The first-order chi connectivity index (χ1) is 7.09. The van der Waals surface area contributed by atoms with E-state index < -0.39 is 12.0 Å². The van der Waals surface area contributed by atoms with Crippen LogP contribution < -0.4 is 5.32 Å². The zero-order chi connectivity index (χ0) is 11.3. The normalized spacial score (nSPS) is 18.1. The summed E-state index contributed by atoms with van der Waals surface area (Å²) in [5, 5.41) is 11.9. The number of carboxylic acid groups (broad SMARTS) is 1. The molecule has 0 aromatic heterocycles. The molecule has 4 nitrogen and oxygen atoms in total. The fourth-order valence-electron chi connectivity index (χ4n) is 1.42. The van der Waals surface area contributed by atoms with Crippen molar-refractivity contribution in [1.29, 1.82) is 0 Å². The van der Waals surface area contributed by atoms with E-state index in [1.54, 1.807) is 0 Å². The van der Waals surface area contributed by atoms with Gasteiger partial charge in [-0.25, -0.2) is 0 Å². The number of hydrogen-bond donors (Lipinski definition) is 2. The van der Waals surface area contributed by atoms with E-state index in [4.69, 9.17) is 9.84 Å². The van der Waals surface area contributed by atoms with Crippen LogP contribution in [-0.4, -0.2) is 36.4 Å². The fourth-order valence-corrected chi connectivity index (χ4v) is 1.42. The van der Waals surface area contributed by atoms with Crippen LogP contribution in [0.2, 0.25) is 0 Å². The number of carboxylic acids is 1. The first-order valence-corrected chi connectivity index (χ1v) is 5.66. The lowest BCUT2D eigenvalue weighted by Gasteiger charge is -2.17. The molecule has 2 N–H and O–H groups in total. The van der Waals surface area contributed by atoms with Crippen LogP contribution in [0.25, 0.3) is 0 Å². The Bertz CT molecular complexity index is 202. The summed E-state index contributed by atoms with van der Waals surface area (Å²) in [5.41, 5.74) is 0. The van der Waals surface area contributed by atoms with E-state index >= 15 is 0 Å². The molecule has 0 aliphatic heterocycles. The molecule has 0 amide bonds. The third kappa shape index (κ3) is 5.74. The van der Waals surface area contributed by atoms with Gasteiger partial charge >= 0.3 is 5.97 Å². The number of hydrogen-bond acceptors (Lipinski definition) is 3. The van der Waals surface area contributed by atoms with Crippen LogP contribution in [0.4, 0.5) is 0 Å². The van der Waals surface area contributed by atoms with Gasteiger partial charge in [-0.05, 0) is 25.2 Å². The summed E-state index contributed by atoms with van der Waals surface area (Å²) in [6.45, 7) is 5.23. The third-order valence-electron chi connectivity index (χ3n) is 2.43. The molecule has 0 aromatic carbocycles. The lowest BCUT2D eigenvalue weighted by molar-refractivity contribution is -0.140. The first kappa shape index (κ1) is 12.5. The molecule has 0 spiro atoms. The highest BCUT2D eigenvalue weighted by molar-refractivity contribution is 5.73. The van der Waals surface area contributed by atoms with Crippen molar-refractivity contribution in [3.05, 3.63) is 0 Å². The zero-order valence-corrected chi connectivity index (χ0v) is 9.53. The van der Waals surface area contributed by atoms with E-state index in [1.165, 1.54) is 12.8 Å². The second kappa shape index (κ2) is 6.08. The third-order valence-corrected chi connectivity index (χ3v) is 2.43. The average molecular weight is 215 g/mol. The van der Waals surface area contributed by atoms with E-state index in [-0.39, 0.29) is 6.04 Å². The molecule has 0 radical (unpaired) electrons. The van der Waals surface area contributed by atoms with Crippen molar-refractivity contribution in [2.24, 2.45) is 5.92 Å². The molecule has 1 aliphatic carbocycles. The van der Waals surface area contributed by atoms with Crippen molar-refractivity contribution < 1.29 is 14.6 Å². The monoisotopic (exact) mass is 215 g/mol. The van der Waals surface area contributed by atoms with E-state index in [9.17, 15) is 4.79 Å². The van der Waals surface area contributed by atoms with Crippen LogP contribution >= 0.6 is 0 Å². The topological polar surface area (TPSA) is 58.6 Å². The average Bonchev–Trinajstić information content (AvgIpc) is 2.93. The van der Waals surface area contributed by atoms with Crippen molar-refractivity contribution >= 4 is 5.97 Å². The van der Waals surface area contributed by atoms with Gasteiger partial charge in [0, 0.05) is 19.3 Å². The fraction of sp³-hybridized carbons (Fsp3) is 0.909.